The van der Waals surface area contributed by atoms with Crippen LogP contribution in [-0.2, 0) is 9.13 Å². The van der Waals surface area contributed by atoms with Crippen LogP contribution in [0.4, 0.5) is 0 Å². The molecule has 0 amide bonds. The molecule has 1 aromatic rings. The van der Waals surface area contributed by atoms with E-state index in [0.717, 1.165) is 5.56 Å². The van der Waals surface area contributed by atoms with Crippen molar-refractivity contribution in [1.82, 2.24) is 10.2 Å². The van der Waals surface area contributed by atoms with Crippen molar-refractivity contribution in [3.63, 3.8) is 0 Å². The van der Waals surface area contributed by atoms with Crippen LogP contribution in [0.25, 0.3) is 0 Å². The molecule has 1 aliphatic heterocycles. The van der Waals surface area contributed by atoms with Crippen LogP contribution in [0.2, 0.25) is 0 Å². The van der Waals surface area contributed by atoms with Crippen LogP contribution in [0, 0.1) is 0 Å². The molecule has 136 valence electrons. The molecule has 0 spiro atoms. The lowest BCUT2D eigenvalue weighted by atomic mass is 10.0. The Morgan fingerprint density at radius 2 is 1.71 bits per heavy atom. The Bertz CT molecular complexity index is 623. The van der Waals surface area contributed by atoms with E-state index in [1.165, 1.54) is 0 Å². The molecule has 1 atom stereocenters. The Hall–Kier alpha value is -0.600. The lowest BCUT2D eigenvalue weighted by Gasteiger charge is -2.38. The van der Waals surface area contributed by atoms with Gasteiger partial charge in [-0.25, -0.2) is 0 Å². The molecular weight excluding hydrogens is 358 g/mol. The van der Waals surface area contributed by atoms with Crippen LogP contribution in [0.1, 0.15) is 18.0 Å². The Morgan fingerprint density at radius 3 is 2.25 bits per heavy atom. The normalized spacial score (nSPS) is 21.0. The van der Waals surface area contributed by atoms with Crippen LogP contribution < -0.4 is 5.32 Å². The smallest absolute Gasteiger partial charge is 0.367 e. The van der Waals surface area contributed by atoms with Crippen molar-refractivity contribution in [1.29, 1.82) is 0 Å². The standard InChI is InChI=1S/C13H22N2O7P2/c16-13(23(17,18)19,24(20,21)22)6-8-15-9-7-14-10-12(15)11-4-2-1-3-5-11/h1-5,12,14,16H,6-10H2,(H2,17,18,19)(H2,20,21,22). The molecule has 1 aliphatic rings. The van der Waals surface area contributed by atoms with E-state index in [1.807, 2.05) is 35.2 Å². The molecule has 0 saturated carbocycles. The molecule has 2 rings (SSSR count). The zero-order valence-electron chi connectivity index (χ0n) is 12.9. The summed E-state index contributed by atoms with van der Waals surface area (Å²) in [5, 5.41) is 9.84. The van der Waals surface area contributed by atoms with Gasteiger partial charge in [-0.05, 0) is 5.56 Å². The quantitative estimate of drug-likeness (QED) is 0.376. The summed E-state index contributed by atoms with van der Waals surface area (Å²) >= 11 is 0. The molecule has 0 bridgehead atoms. The minimum absolute atomic E-state index is 0.0615. The highest BCUT2D eigenvalue weighted by atomic mass is 31.2. The van der Waals surface area contributed by atoms with E-state index >= 15 is 0 Å². The van der Waals surface area contributed by atoms with Crippen molar-refractivity contribution in [2.75, 3.05) is 26.2 Å². The number of nitrogens with one attached hydrogen (secondary N) is 1. The molecule has 11 heteroatoms. The number of aliphatic hydroxyl groups is 1. The first-order chi connectivity index (χ1) is 11.1. The summed E-state index contributed by atoms with van der Waals surface area (Å²) in [7, 11) is -10.8. The molecule has 1 unspecified atom stereocenters. The van der Waals surface area contributed by atoms with Crippen molar-refractivity contribution < 1.29 is 33.8 Å². The zero-order chi connectivity index (χ0) is 18.0. The minimum atomic E-state index is -5.42. The first kappa shape index (κ1) is 19.7. The molecule has 24 heavy (non-hydrogen) atoms. The molecule has 1 fully saturated rings. The fourth-order valence-corrected chi connectivity index (χ4v) is 4.91. The third kappa shape index (κ3) is 4.14. The Balaban J connectivity index is 2.18. The molecule has 1 heterocycles. The van der Waals surface area contributed by atoms with Crippen LogP contribution in [0.3, 0.4) is 0 Å². The third-order valence-corrected chi connectivity index (χ3v) is 8.08. The molecule has 9 nitrogen and oxygen atoms in total. The molecule has 1 saturated heterocycles. The summed E-state index contributed by atoms with van der Waals surface area (Å²) < 4.78 is 22.9. The van der Waals surface area contributed by atoms with Gasteiger partial charge in [0.15, 0.2) is 0 Å². The maximum Gasteiger partial charge on any atom is 0.369 e. The number of piperazine rings is 1. The zero-order valence-corrected chi connectivity index (χ0v) is 14.7. The van der Waals surface area contributed by atoms with E-state index in [9.17, 15) is 33.8 Å². The number of hydrogen-bond donors (Lipinski definition) is 6. The van der Waals surface area contributed by atoms with E-state index < -0.39 is 26.7 Å². The van der Waals surface area contributed by atoms with E-state index in [1.54, 1.807) is 0 Å². The highest BCUT2D eigenvalue weighted by molar-refractivity contribution is 7.72. The average Bonchev–Trinajstić information content (AvgIpc) is 2.51. The molecular formula is C13H22N2O7P2. The van der Waals surface area contributed by atoms with Crippen molar-refractivity contribution in [3.05, 3.63) is 35.9 Å². The van der Waals surface area contributed by atoms with Crippen molar-refractivity contribution in [3.8, 4) is 0 Å². The van der Waals surface area contributed by atoms with Gasteiger partial charge in [-0.1, -0.05) is 30.3 Å². The number of benzene rings is 1. The second-order valence-electron chi connectivity index (χ2n) is 5.78. The van der Waals surface area contributed by atoms with Gasteiger partial charge >= 0.3 is 15.2 Å². The highest BCUT2D eigenvalue weighted by Crippen LogP contribution is 2.68. The average molecular weight is 380 g/mol. The first-order valence-electron chi connectivity index (χ1n) is 7.39. The monoisotopic (exact) mass is 380 g/mol. The Labute approximate surface area is 139 Å². The van der Waals surface area contributed by atoms with Gasteiger partial charge in [-0.15, -0.1) is 0 Å². The maximum absolute atomic E-state index is 11.4. The number of rotatable bonds is 6. The fraction of sp³-hybridized carbons (Fsp3) is 0.538. The van der Waals surface area contributed by atoms with Gasteiger partial charge in [-0.2, -0.15) is 0 Å². The summed E-state index contributed by atoms with van der Waals surface area (Å²) in [5.74, 6) is 0. The summed E-state index contributed by atoms with van der Waals surface area (Å²) in [6.07, 6.45) is -0.731. The Morgan fingerprint density at radius 1 is 1.12 bits per heavy atom. The first-order valence-corrected chi connectivity index (χ1v) is 10.6. The van der Waals surface area contributed by atoms with Gasteiger partial charge < -0.3 is 30.0 Å². The van der Waals surface area contributed by atoms with Crippen LogP contribution in [-0.4, -0.2) is 60.8 Å². The summed E-state index contributed by atoms with van der Waals surface area (Å²) in [6.45, 7) is 1.69. The van der Waals surface area contributed by atoms with Crippen molar-refractivity contribution >= 4 is 15.2 Å². The lowest BCUT2D eigenvalue weighted by molar-refractivity contribution is 0.0901. The largest absolute Gasteiger partial charge is 0.369 e. The summed E-state index contributed by atoms with van der Waals surface area (Å²) in [4.78, 5) is 38.7. The predicted molar refractivity (Wildman–Crippen MR) is 87.3 cm³/mol. The van der Waals surface area contributed by atoms with Gasteiger partial charge in [0.25, 0.3) is 5.08 Å². The van der Waals surface area contributed by atoms with E-state index in [2.05, 4.69) is 5.32 Å². The third-order valence-electron chi connectivity index (χ3n) is 4.21. The molecule has 6 N–H and O–H groups in total. The topological polar surface area (TPSA) is 151 Å². The summed E-state index contributed by atoms with van der Waals surface area (Å²) in [6, 6.07) is 9.29. The van der Waals surface area contributed by atoms with Crippen LogP contribution >= 0.6 is 15.2 Å². The maximum atomic E-state index is 11.4. The molecule has 0 aliphatic carbocycles. The van der Waals surface area contributed by atoms with Crippen LogP contribution in [0.15, 0.2) is 30.3 Å². The molecule has 1 aromatic carbocycles. The van der Waals surface area contributed by atoms with Gasteiger partial charge in [0.05, 0.1) is 0 Å². The predicted octanol–water partition coefficient (Wildman–Crippen LogP) is 0.0245. The molecule has 0 radical (unpaired) electrons. The molecule has 0 aromatic heterocycles. The lowest BCUT2D eigenvalue weighted by Crippen LogP contribution is -2.47. The van der Waals surface area contributed by atoms with Crippen molar-refractivity contribution in [2.24, 2.45) is 0 Å². The SMILES string of the molecule is O=P(O)(O)C(O)(CCN1CCNCC1c1ccccc1)P(=O)(O)O. The van der Waals surface area contributed by atoms with E-state index in [4.69, 9.17) is 0 Å². The number of hydrogen-bond acceptors (Lipinski definition) is 5. The van der Waals surface area contributed by atoms with Gasteiger partial charge in [0.2, 0.25) is 0 Å². The number of nitrogens with zero attached hydrogens (tertiary/aromatic N) is 1. The van der Waals surface area contributed by atoms with Gasteiger partial charge in [0, 0.05) is 38.6 Å². The second-order valence-corrected chi connectivity index (χ2v) is 9.79. The fourth-order valence-electron chi connectivity index (χ4n) is 2.77. The Kier molecular flexibility index (Phi) is 6.03. The van der Waals surface area contributed by atoms with Crippen LogP contribution in [0.5, 0.6) is 0 Å². The van der Waals surface area contributed by atoms with E-state index in [0.29, 0.717) is 19.6 Å². The van der Waals surface area contributed by atoms with Crippen molar-refractivity contribution in [2.45, 2.75) is 17.5 Å². The van der Waals surface area contributed by atoms with E-state index in [-0.39, 0.29) is 12.6 Å². The minimum Gasteiger partial charge on any atom is -0.367 e. The van der Waals surface area contributed by atoms with Gasteiger partial charge in [-0.3, -0.25) is 14.0 Å². The van der Waals surface area contributed by atoms with Gasteiger partial charge in [0.1, 0.15) is 0 Å². The highest BCUT2D eigenvalue weighted by Gasteiger charge is 2.59. The summed E-state index contributed by atoms with van der Waals surface area (Å²) in [5.41, 5.74) is 0.973. The second kappa shape index (κ2) is 7.33.